The fourth-order valence-corrected chi connectivity index (χ4v) is 2.43. The lowest BCUT2D eigenvalue weighted by Gasteiger charge is -2.13. The summed E-state index contributed by atoms with van der Waals surface area (Å²) in [6.07, 6.45) is 1.89. The number of rotatable bonds is 4. The highest BCUT2D eigenvalue weighted by atomic mass is 16.7. The Kier molecular flexibility index (Phi) is 3.61. The highest BCUT2D eigenvalue weighted by molar-refractivity contribution is 5.45. The Balaban J connectivity index is 1.73. The van der Waals surface area contributed by atoms with E-state index in [1.165, 1.54) is 11.1 Å². The molecule has 3 rings (SSSR count). The van der Waals surface area contributed by atoms with Crippen molar-refractivity contribution in [3.05, 3.63) is 59.2 Å². The SMILES string of the molecule is CCc1ccc(CC(N)c2ccc3c(c2)OCO3)cc1. The van der Waals surface area contributed by atoms with Gasteiger partial charge in [0.1, 0.15) is 0 Å². The van der Waals surface area contributed by atoms with Crippen LogP contribution in [-0.2, 0) is 12.8 Å². The molecule has 3 nitrogen and oxygen atoms in total. The minimum absolute atomic E-state index is 0.0306. The molecule has 1 aliphatic heterocycles. The second-order valence-electron chi connectivity index (χ2n) is 5.09. The van der Waals surface area contributed by atoms with E-state index in [-0.39, 0.29) is 6.04 Å². The van der Waals surface area contributed by atoms with E-state index in [0.29, 0.717) is 6.79 Å². The van der Waals surface area contributed by atoms with E-state index in [1.807, 2.05) is 18.2 Å². The number of benzene rings is 2. The second kappa shape index (κ2) is 5.55. The molecule has 0 aromatic heterocycles. The van der Waals surface area contributed by atoms with Gasteiger partial charge < -0.3 is 15.2 Å². The first-order valence-electron chi connectivity index (χ1n) is 6.99. The Labute approximate surface area is 119 Å². The molecule has 0 spiro atoms. The minimum atomic E-state index is -0.0306. The Bertz CT molecular complexity index is 592. The minimum Gasteiger partial charge on any atom is -0.454 e. The van der Waals surface area contributed by atoms with Crippen molar-refractivity contribution < 1.29 is 9.47 Å². The average Bonchev–Trinajstić information content (AvgIpc) is 2.95. The maximum Gasteiger partial charge on any atom is 0.231 e. The first-order chi connectivity index (χ1) is 9.76. The van der Waals surface area contributed by atoms with Crippen molar-refractivity contribution in [1.29, 1.82) is 0 Å². The quantitative estimate of drug-likeness (QED) is 0.927. The molecule has 0 aliphatic carbocycles. The molecule has 0 amide bonds. The smallest absolute Gasteiger partial charge is 0.231 e. The molecule has 2 aromatic carbocycles. The predicted molar refractivity (Wildman–Crippen MR) is 79.0 cm³/mol. The van der Waals surface area contributed by atoms with Gasteiger partial charge in [0.2, 0.25) is 6.79 Å². The van der Waals surface area contributed by atoms with Gasteiger partial charge in [-0.05, 0) is 41.7 Å². The summed E-state index contributed by atoms with van der Waals surface area (Å²) in [6, 6.07) is 14.5. The molecule has 20 heavy (non-hydrogen) atoms. The number of hydrogen-bond acceptors (Lipinski definition) is 3. The molecular formula is C17H19NO2. The molecule has 1 unspecified atom stereocenters. The van der Waals surface area contributed by atoms with E-state index < -0.39 is 0 Å². The molecule has 2 aromatic rings. The first-order valence-corrected chi connectivity index (χ1v) is 6.99. The normalized spacial score (nSPS) is 14.3. The van der Waals surface area contributed by atoms with Crippen molar-refractivity contribution in [2.75, 3.05) is 6.79 Å². The summed E-state index contributed by atoms with van der Waals surface area (Å²) in [5, 5.41) is 0. The largest absolute Gasteiger partial charge is 0.454 e. The van der Waals surface area contributed by atoms with Gasteiger partial charge in [-0.1, -0.05) is 37.3 Å². The molecule has 0 bridgehead atoms. The maximum absolute atomic E-state index is 6.30. The van der Waals surface area contributed by atoms with Gasteiger partial charge in [0, 0.05) is 6.04 Å². The van der Waals surface area contributed by atoms with Gasteiger partial charge in [-0.15, -0.1) is 0 Å². The van der Waals surface area contributed by atoms with Crippen LogP contribution in [0.4, 0.5) is 0 Å². The highest BCUT2D eigenvalue weighted by Gasteiger charge is 2.16. The summed E-state index contributed by atoms with van der Waals surface area (Å²) >= 11 is 0. The third kappa shape index (κ3) is 2.63. The monoisotopic (exact) mass is 269 g/mol. The predicted octanol–water partition coefficient (Wildman–Crippen LogP) is 3.22. The Morgan fingerprint density at radius 3 is 2.45 bits per heavy atom. The number of ether oxygens (including phenoxy) is 2. The zero-order chi connectivity index (χ0) is 13.9. The zero-order valence-electron chi connectivity index (χ0n) is 11.6. The van der Waals surface area contributed by atoms with E-state index in [1.54, 1.807) is 0 Å². The number of hydrogen-bond donors (Lipinski definition) is 1. The summed E-state index contributed by atoms with van der Waals surface area (Å²) in [6.45, 7) is 2.46. The summed E-state index contributed by atoms with van der Waals surface area (Å²) in [7, 11) is 0. The van der Waals surface area contributed by atoms with Gasteiger partial charge in [0.25, 0.3) is 0 Å². The van der Waals surface area contributed by atoms with Gasteiger partial charge in [-0.3, -0.25) is 0 Å². The van der Waals surface area contributed by atoms with E-state index in [9.17, 15) is 0 Å². The van der Waals surface area contributed by atoms with Gasteiger partial charge in [-0.25, -0.2) is 0 Å². The maximum atomic E-state index is 6.30. The Morgan fingerprint density at radius 2 is 1.70 bits per heavy atom. The van der Waals surface area contributed by atoms with Crippen LogP contribution in [0.2, 0.25) is 0 Å². The van der Waals surface area contributed by atoms with Crippen molar-refractivity contribution in [1.82, 2.24) is 0 Å². The van der Waals surface area contributed by atoms with Crippen LogP contribution in [0.15, 0.2) is 42.5 Å². The van der Waals surface area contributed by atoms with Crippen LogP contribution in [0.5, 0.6) is 11.5 Å². The summed E-state index contributed by atoms with van der Waals surface area (Å²) in [5.41, 5.74) is 9.98. The Hall–Kier alpha value is -2.00. The fraction of sp³-hybridized carbons (Fsp3) is 0.294. The van der Waals surface area contributed by atoms with Crippen LogP contribution in [0.3, 0.4) is 0 Å². The topological polar surface area (TPSA) is 44.5 Å². The highest BCUT2D eigenvalue weighted by Crippen LogP contribution is 2.34. The summed E-state index contributed by atoms with van der Waals surface area (Å²) in [5.74, 6) is 1.59. The molecule has 0 radical (unpaired) electrons. The van der Waals surface area contributed by atoms with E-state index >= 15 is 0 Å². The molecule has 1 heterocycles. The van der Waals surface area contributed by atoms with E-state index in [2.05, 4.69) is 31.2 Å². The van der Waals surface area contributed by atoms with Crippen LogP contribution < -0.4 is 15.2 Å². The molecule has 0 saturated carbocycles. The fourth-order valence-electron chi connectivity index (χ4n) is 2.43. The van der Waals surface area contributed by atoms with Crippen LogP contribution in [0.25, 0.3) is 0 Å². The first kappa shape index (κ1) is 13.0. The zero-order valence-corrected chi connectivity index (χ0v) is 11.6. The van der Waals surface area contributed by atoms with Crippen molar-refractivity contribution in [3.8, 4) is 11.5 Å². The van der Waals surface area contributed by atoms with Gasteiger partial charge in [0.15, 0.2) is 11.5 Å². The van der Waals surface area contributed by atoms with Crippen LogP contribution in [0, 0.1) is 0 Å². The second-order valence-corrected chi connectivity index (χ2v) is 5.09. The van der Waals surface area contributed by atoms with Crippen molar-refractivity contribution in [3.63, 3.8) is 0 Å². The molecule has 0 fully saturated rings. The van der Waals surface area contributed by atoms with Crippen molar-refractivity contribution in [2.45, 2.75) is 25.8 Å². The van der Waals surface area contributed by atoms with Crippen LogP contribution in [0.1, 0.15) is 29.7 Å². The average molecular weight is 269 g/mol. The number of nitrogens with two attached hydrogens (primary N) is 1. The molecule has 2 N–H and O–H groups in total. The van der Waals surface area contributed by atoms with Gasteiger partial charge in [-0.2, -0.15) is 0 Å². The molecule has 1 atom stereocenters. The lowest BCUT2D eigenvalue weighted by atomic mass is 9.98. The summed E-state index contributed by atoms with van der Waals surface area (Å²) < 4.78 is 10.7. The standard InChI is InChI=1S/C17H19NO2/c1-2-12-3-5-13(6-4-12)9-15(18)14-7-8-16-17(10-14)20-11-19-16/h3-8,10,15H,2,9,11,18H2,1H3. The van der Waals surface area contributed by atoms with Gasteiger partial charge >= 0.3 is 0 Å². The lowest BCUT2D eigenvalue weighted by molar-refractivity contribution is 0.174. The third-order valence-corrected chi connectivity index (χ3v) is 3.71. The van der Waals surface area contributed by atoms with Crippen molar-refractivity contribution in [2.24, 2.45) is 5.73 Å². The van der Waals surface area contributed by atoms with Gasteiger partial charge in [0.05, 0.1) is 0 Å². The van der Waals surface area contributed by atoms with Crippen LogP contribution >= 0.6 is 0 Å². The number of fused-ring (bicyclic) bond motifs is 1. The molecule has 1 aliphatic rings. The molecule has 0 saturated heterocycles. The number of aryl methyl sites for hydroxylation is 1. The molecular weight excluding hydrogens is 250 g/mol. The molecule has 104 valence electrons. The van der Waals surface area contributed by atoms with E-state index in [0.717, 1.165) is 29.9 Å². The van der Waals surface area contributed by atoms with E-state index in [4.69, 9.17) is 15.2 Å². The summed E-state index contributed by atoms with van der Waals surface area (Å²) in [4.78, 5) is 0. The molecule has 3 heteroatoms. The van der Waals surface area contributed by atoms with Crippen LogP contribution in [-0.4, -0.2) is 6.79 Å². The van der Waals surface area contributed by atoms with Crippen molar-refractivity contribution >= 4 is 0 Å². The lowest BCUT2D eigenvalue weighted by Crippen LogP contribution is -2.13. The third-order valence-electron chi connectivity index (χ3n) is 3.71. The Morgan fingerprint density at radius 1 is 1.00 bits per heavy atom.